The predicted octanol–water partition coefficient (Wildman–Crippen LogP) is 0.631. The Morgan fingerprint density at radius 3 is 2.50 bits per heavy atom. The lowest BCUT2D eigenvalue weighted by Gasteiger charge is -2.25. The first kappa shape index (κ1) is 15.8. The highest BCUT2D eigenvalue weighted by Crippen LogP contribution is 2.21. The van der Waals surface area contributed by atoms with E-state index >= 15 is 0 Å². The van der Waals surface area contributed by atoms with Crippen LogP contribution in [0.5, 0.6) is 0 Å². The van der Waals surface area contributed by atoms with Crippen molar-refractivity contribution in [1.82, 2.24) is 15.1 Å². The number of carbonyl (C=O) groups is 1. The lowest BCUT2D eigenvalue weighted by molar-refractivity contribution is -0.122. The molecule has 0 spiro atoms. The average molecular weight is 301 g/mol. The first-order valence-corrected chi connectivity index (χ1v) is 7.01. The van der Waals surface area contributed by atoms with E-state index in [9.17, 15) is 14.4 Å². The molecule has 0 aliphatic heterocycles. The Kier molecular flexibility index (Phi) is 4.60. The number of carbonyl (C=O) groups excluding carboxylic acids is 1. The molecule has 0 atom stereocenters. The molecule has 0 radical (unpaired) electrons. The van der Waals surface area contributed by atoms with Gasteiger partial charge in [-0.3, -0.25) is 19.5 Å². The Hall–Kier alpha value is -2.63. The summed E-state index contributed by atoms with van der Waals surface area (Å²) in [6.07, 6.45) is 0. The summed E-state index contributed by atoms with van der Waals surface area (Å²) in [5.41, 5.74) is 0.0427. The molecule has 0 saturated carbocycles. The molecule has 0 aliphatic carbocycles. The zero-order valence-electron chi connectivity index (χ0n) is 12.6. The summed E-state index contributed by atoms with van der Waals surface area (Å²) in [4.78, 5) is 34.7. The quantitative estimate of drug-likeness (QED) is 0.849. The maximum atomic E-state index is 12.0. The van der Waals surface area contributed by atoms with Crippen molar-refractivity contribution in [3.63, 3.8) is 0 Å². The Labute approximate surface area is 127 Å². The summed E-state index contributed by atoms with van der Waals surface area (Å²) in [6, 6.07) is 12.1. The van der Waals surface area contributed by atoms with Crippen molar-refractivity contribution in [3.05, 3.63) is 68.7 Å². The van der Waals surface area contributed by atoms with Crippen LogP contribution in [0.4, 0.5) is 0 Å². The SMILES string of the molecule is CC(C)(CNC(=O)Cn1[nH]c(=O)ccc1=O)c1ccccc1. The predicted molar refractivity (Wildman–Crippen MR) is 83.8 cm³/mol. The minimum Gasteiger partial charge on any atom is -0.354 e. The summed E-state index contributed by atoms with van der Waals surface area (Å²) < 4.78 is 0.993. The second kappa shape index (κ2) is 6.43. The smallest absolute Gasteiger partial charge is 0.265 e. The average Bonchev–Trinajstić information content (AvgIpc) is 2.50. The molecule has 6 heteroatoms. The van der Waals surface area contributed by atoms with Crippen molar-refractivity contribution in [1.29, 1.82) is 0 Å². The third kappa shape index (κ3) is 3.94. The van der Waals surface area contributed by atoms with Crippen molar-refractivity contribution >= 4 is 5.91 Å². The lowest BCUT2D eigenvalue weighted by atomic mass is 9.84. The molecular formula is C16H19N3O3. The lowest BCUT2D eigenvalue weighted by Crippen LogP contribution is -2.40. The number of nitrogens with one attached hydrogen (secondary N) is 2. The molecule has 0 bridgehead atoms. The fraction of sp³-hybridized carbons (Fsp3) is 0.312. The number of benzene rings is 1. The summed E-state index contributed by atoms with van der Waals surface area (Å²) in [5, 5.41) is 5.12. The van der Waals surface area contributed by atoms with Gasteiger partial charge >= 0.3 is 0 Å². The van der Waals surface area contributed by atoms with Crippen LogP contribution in [0.2, 0.25) is 0 Å². The molecule has 2 aromatic rings. The van der Waals surface area contributed by atoms with Gasteiger partial charge in [-0.1, -0.05) is 44.2 Å². The van der Waals surface area contributed by atoms with Gasteiger partial charge in [0, 0.05) is 24.1 Å². The van der Waals surface area contributed by atoms with Gasteiger partial charge in [0.05, 0.1) is 0 Å². The minimum atomic E-state index is -0.419. The summed E-state index contributed by atoms with van der Waals surface area (Å²) in [7, 11) is 0. The van der Waals surface area contributed by atoms with Crippen LogP contribution in [0.3, 0.4) is 0 Å². The standard InChI is InChI=1S/C16H19N3O3/c1-16(2,12-6-4-3-5-7-12)11-17-14(21)10-19-15(22)9-8-13(20)18-19/h3-9H,10-11H2,1-2H3,(H,17,21)(H,18,20). The molecule has 1 aromatic heterocycles. The maximum Gasteiger partial charge on any atom is 0.265 e. The first-order chi connectivity index (χ1) is 10.4. The highest BCUT2D eigenvalue weighted by Gasteiger charge is 2.21. The Balaban J connectivity index is 2.00. The number of rotatable bonds is 5. The molecule has 1 heterocycles. The number of aromatic amines is 1. The topological polar surface area (TPSA) is 84.0 Å². The van der Waals surface area contributed by atoms with E-state index in [0.29, 0.717) is 6.54 Å². The molecule has 0 fully saturated rings. The molecule has 0 unspecified atom stereocenters. The number of amides is 1. The molecule has 2 N–H and O–H groups in total. The van der Waals surface area contributed by atoms with E-state index < -0.39 is 11.1 Å². The van der Waals surface area contributed by atoms with Gasteiger partial charge in [-0.25, -0.2) is 4.68 Å². The first-order valence-electron chi connectivity index (χ1n) is 7.01. The number of H-pyrrole nitrogens is 1. The summed E-state index contributed by atoms with van der Waals surface area (Å²) in [5.74, 6) is -0.326. The number of hydrogen-bond donors (Lipinski definition) is 2. The molecule has 1 amide bonds. The summed E-state index contributed by atoms with van der Waals surface area (Å²) >= 11 is 0. The largest absolute Gasteiger partial charge is 0.354 e. The minimum absolute atomic E-state index is 0.209. The van der Waals surface area contributed by atoms with Gasteiger partial charge in [-0.05, 0) is 5.56 Å². The number of nitrogens with zero attached hydrogens (tertiary/aromatic N) is 1. The van der Waals surface area contributed by atoms with Crippen LogP contribution in [-0.2, 0) is 16.8 Å². The van der Waals surface area contributed by atoms with Crippen molar-refractivity contribution in [2.75, 3.05) is 6.54 Å². The fourth-order valence-corrected chi connectivity index (χ4v) is 2.09. The van der Waals surface area contributed by atoms with Gasteiger partial charge in [0.1, 0.15) is 6.54 Å². The second-order valence-electron chi connectivity index (χ2n) is 5.76. The molecule has 0 aliphatic rings. The van der Waals surface area contributed by atoms with Crippen LogP contribution >= 0.6 is 0 Å². The van der Waals surface area contributed by atoms with Gasteiger partial charge in [0.15, 0.2) is 0 Å². The van der Waals surface area contributed by atoms with Crippen LogP contribution in [-0.4, -0.2) is 22.2 Å². The Morgan fingerprint density at radius 1 is 1.14 bits per heavy atom. The van der Waals surface area contributed by atoms with Crippen LogP contribution in [0, 0.1) is 0 Å². The van der Waals surface area contributed by atoms with Gasteiger partial charge in [0.25, 0.3) is 11.1 Å². The number of hydrogen-bond acceptors (Lipinski definition) is 3. The van der Waals surface area contributed by atoms with Gasteiger partial charge in [0.2, 0.25) is 5.91 Å². The van der Waals surface area contributed by atoms with E-state index in [1.807, 2.05) is 44.2 Å². The maximum absolute atomic E-state index is 12.0. The molecule has 1 aromatic carbocycles. The van der Waals surface area contributed by atoms with Crippen LogP contribution in [0.1, 0.15) is 19.4 Å². The molecule has 2 rings (SSSR count). The van der Waals surface area contributed by atoms with E-state index in [1.165, 1.54) is 0 Å². The van der Waals surface area contributed by atoms with Gasteiger partial charge in [-0.15, -0.1) is 0 Å². The summed E-state index contributed by atoms with van der Waals surface area (Å²) in [6.45, 7) is 4.28. The van der Waals surface area contributed by atoms with Crippen molar-refractivity contribution in [2.45, 2.75) is 25.8 Å². The van der Waals surface area contributed by atoms with Gasteiger partial charge < -0.3 is 5.32 Å². The van der Waals surface area contributed by atoms with Crippen LogP contribution < -0.4 is 16.4 Å². The molecule has 6 nitrogen and oxygen atoms in total. The number of aromatic nitrogens is 2. The zero-order valence-corrected chi connectivity index (χ0v) is 12.6. The van der Waals surface area contributed by atoms with Crippen molar-refractivity contribution in [2.24, 2.45) is 0 Å². The Bertz CT molecular complexity index is 760. The second-order valence-corrected chi connectivity index (χ2v) is 5.76. The highest BCUT2D eigenvalue weighted by atomic mass is 16.2. The molecule has 22 heavy (non-hydrogen) atoms. The van der Waals surface area contributed by atoms with Crippen LogP contribution in [0.25, 0.3) is 0 Å². The Morgan fingerprint density at radius 2 is 1.82 bits per heavy atom. The molecular weight excluding hydrogens is 282 g/mol. The monoisotopic (exact) mass is 301 g/mol. The van der Waals surface area contributed by atoms with E-state index in [-0.39, 0.29) is 17.9 Å². The van der Waals surface area contributed by atoms with Crippen molar-refractivity contribution < 1.29 is 4.79 Å². The zero-order chi connectivity index (χ0) is 16.2. The molecule has 116 valence electrons. The van der Waals surface area contributed by atoms with E-state index in [1.54, 1.807) is 0 Å². The van der Waals surface area contributed by atoms with E-state index in [2.05, 4.69) is 10.4 Å². The van der Waals surface area contributed by atoms with E-state index in [4.69, 9.17) is 0 Å². The fourth-order valence-electron chi connectivity index (χ4n) is 2.09. The van der Waals surface area contributed by atoms with E-state index in [0.717, 1.165) is 22.4 Å². The van der Waals surface area contributed by atoms with Crippen molar-refractivity contribution in [3.8, 4) is 0 Å². The third-order valence-corrected chi connectivity index (χ3v) is 3.47. The normalized spacial score (nSPS) is 11.2. The third-order valence-electron chi connectivity index (χ3n) is 3.47. The molecule has 0 saturated heterocycles. The highest BCUT2D eigenvalue weighted by molar-refractivity contribution is 5.75. The van der Waals surface area contributed by atoms with Gasteiger partial charge in [-0.2, -0.15) is 0 Å². The van der Waals surface area contributed by atoms with Crippen LogP contribution in [0.15, 0.2) is 52.1 Å².